The van der Waals surface area contributed by atoms with Crippen molar-refractivity contribution in [1.82, 2.24) is 14.6 Å². The molecular formula is C20H18N4O2S. The largest absolute Gasteiger partial charge is 0.497 e. The van der Waals surface area contributed by atoms with Crippen LogP contribution < -0.4 is 10.1 Å². The van der Waals surface area contributed by atoms with E-state index >= 15 is 0 Å². The maximum Gasteiger partial charge on any atom is 0.258 e. The topological polar surface area (TPSA) is 68.5 Å². The molecule has 0 radical (unpaired) electrons. The number of thiazole rings is 1. The molecule has 2 aromatic heterocycles. The first-order chi connectivity index (χ1) is 13.0. The van der Waals surface area contributed by atoms with E-state index in [1.54, 1.807) is 35.9 Å². The molecule has 2 aromatic carbocycles. The van der Waals surface area contributed by atoms with Gasteiger partial charge in [-0.2, -0.15) is 4.98 Å². The van der Waals surface area contributed by atoms with Gasteiger partial charge in [0.15, 0.2) is 0 Å². The van der Waals surface area contributed by atoms with E-state index in [0.717, 1.165) is 16.2 Å². The van der Waals surface area contributed by atoms with Crippen LogP contribution in [0.4, 0.5) is 5.95 Å². The number of methoxy groups -OCH3 is 1. The molecule has 7 heteroatoms. The molecule has 0 aliphatic rings. The van der Waals surface area contributed by atoms with Crippen molar-refractivity contribution in [3.05, 3.63) is 64.5 Å². The van der Waals surface area contributed by atoms with Crippen LogP contribution in [0.25, 0.3) is 16.2 Å². The van der Waals surface area contributed by atoms with Gasteiger partial charge in [-0.25, -0.2) is 4.52 Å². The molecule has 27 heavy (non-hydrogen) atoms. The summed E-state index contributed by atoms with van der Waals surface area (Å²) in [5.41, 5.74) is 4.94. The van der Waals surface area contributed by atoms with Crippen LogP contribution in [0.1, 0.15) is 21.5 Å². The zero-order valence-electron chi connectivity index (χ0n) is 15.2. The molecule has 0 fully saturated rings. The van der Waals surface area contributed by atoms with Crippen molar-refractivity contribution in [2.75, 3.05) is 12.4 Å². The summed E-state index contributed by atoms with van der Waals surface area (Å²) >= 11 is 1.49. The molecule has 0 aliphatic heterocycles. The Bertz CT molecular complexity index is 1150. The van der Waals surface area contributed by atoms with Gasteiger partial charge in [0.1, 0.15) is 5.75 Å². The highest BCUT2D eigenvalue weighted by molar-refractivity contribution is 7.15. The summed E-state index contributed by atoms with van der Waals surface area (Å²) in [7, 11) is 1.57. The Morgan fingerprint density at radius 1 is 1.19 bits per heavy atom. The molecule has 1 N–H and O–H groups in total. The summed E-state index contributed by atoms with van der Waals surface area (Å²) < 4.78 is 6.93. The van der Waals surface area contributed by atoms with Crippen LogP contribution >= 0.6 is 11.3 Å². The van der Waals surface area contributed by atoms with E-state index in [0.29, 0.717) is 11.3 Å². The van der Waals surface area contributed by atoms with E-state index in [1.165, 1.54) is 22.5 Å². The fraction of sp³-hybridized carbons (Fsp3) is 0.150. The molecule has 6 nitrogen and oxygen atoms in total. The maximum absolute atomic E-state index is 12.5. The Labute approximate surface area is 160 Å². The number of fused-ring (bicyclic) bond motifs is 1. The van der Waals surface area contributed by atoms with Gasteiger partial charge in [-0.15, -0.1) is 16.4 Å². The lowest BCUT2D eigenvalue weighted by Gasteiger charge is -2.05. The number of hydrogen-bond donors (Lipinski definition) is 1. The second kappa shape index (κ2) is 6.85. The molecule has 0 saturated heterocycles. The number of amides is 1. The summed E-state index contributed by atoms with van der Waals surface area (Å²) in [6, 6.07) is 13.3. The van der Waals surface area contributed by atoms with Crippen LogP contribution in [0.5, 0.6) is 5.75 Å². The Morgan fingerprint density at radius 2 is 2.04 bits per heavy atom. The molecule has 4 rings (SSSR count). The molecule has 0 saturated carbocycles. The third-order valence-corrected chi connectivity index (χ3v) is 5.11. The predicted octanol–water partition coefficient (Wildman–Crippen LogP) is 4.34. The molecule has 0 aliphatic carbocycles. The van der Waals surface area contributed by atoms with Crippen LogP contribution in [0, 0.1) is 13.8 Å². The van der Waals surface area contributed by atoms with Crippen LogP contribution in [0.15, 0.2) is 47.8 Å². The van der Waals surface area contributed by atoms with E-state index < -0.39 is 0 Å². The highest BCUT2D eigenvalue weighted by Gasteiger charge is 2.15. The lowest BCUT2D eigenvalue weighted by Crippen LogP contribution is -2.13. The third kappa shape index (κ3) is 3.29. The van der Waals surface area contributed by atoms with Crippen molar-refractivity contribution in [2.45, 2.75) is 13.8 Å². The van der Waals surface area contributed by atoms with Crippen molar-refractivity contribution >= 4 is 28.2 Å². The van der Waals surface area contributed by atoms with Gasteiger partial charge < -0.3 is 4.74 Å². The maximum atomic E-state index is 12.5. The van der Waals surface area contributed by atoms with Crippen LogP contribution in [-0.4, -0.2) is 27.6 Å². The first-order valence-electron chi connectivity index (χ1n) is 8.42. The Morgan fingerprint density at radius 3 is 2.81 bits per heavy atom. The summed E-state index contributed by atoms with van der Waals surface area (Å²) in [5, 5.41) is 9.26. The monoisotopic (exact) mass is 378 g/mol. The van der Waals surface area contributed by atoms with Crippen LogP contribution in [0.2, 0.25) is 0 Å². The number of carbonyl (C=O) groups is 1. The summed E-state index contributed by atoms with van der Waals surface area (Å²) in [6.45, 7) is 4.15. The van der Waals surface area contributed by atoms with Gasteiger partial charge in [0, 0.05) is 16.5 Å². The highest BCUT2D eigenvalue weighted by atomic mass is 32.1. The Balaban J connectivity index is 1.64. The molecule has 0 spiro atoms. The van der Waals surface area contributed by atoms with Crippen LogP contribution in [0.3, 0.4) is 0 Å². The molecule has 0 bridgehead atoms. The summed E-state index contributed by atoms with van der Waals surface area (Å²) in [6.07, 6.45) is 0. The van der Waals surface area contributed by atoms with Gasteiger partial charge in [0.05, 0.1) is 12.8 Å². The zero-order chi connectivity index (χ0) is 19.0. The normalized spacial score (nSPS) is 10.9. The lowest BCUT2D eigenvalue weighted by molar-refractivity contribution is 0.102. The summed E-state index contributed by atoms with van der Waals surface area (Å²) in [4.78, 5) is 17.6. The Hall–Kier alpha value is -3.19. The molecule has 2 heterocycles. The van der Waals surface area contributed by atoms with Gasteiger partial charge in [0.25, 0.3) is 11.9 Å². The average molecular weight is 378 g/mol. The number of aromatic nitrogens is 3. The number of hydrogen-bond acceptors (Lipinski definition) is 5. The van der Waals surface area contributed by atoms with Crippen LogP contribution in [-0.2, 0) is 0 Å². The fourth-order valence-electron chi connectivity index (χ4n) is 2.96. The standard InChI is InChI=1S/C20H18N4O2S/c1-12-7-8-16(13(2)9-12)17-11-27-20-22-19(23-24(17)20)21-18(25)14-5-4-6-15(10-14)26-3/h4-11H,1-3H3,(H,21,23,25). The number of carbonyl (C=O) groups excluding carboxylic acids is 1. The SMILES string of the molecule is COc1cccc(C(=O)Nc2nc3scc(-c4ccc(C)cc4C)n3n2)c1. The highest BCUT2D eigenvalue weighted by Crippen LogP contribution is 2.29. The van der Waals surface area contributed by atoms with E-state index in [2.05, 4.69) is 47.4 Å². The van der Waals surface area contributed by atoms with E-state index in [1.807, 2.05) is 5.38 Å². The van der Waals surface area contributed by atoms with Crippen molar-refractivity contribution in [2.24, 2.45) is 0 Å². The summed E-state index contributed by atoms with van der Waals surface area (Å²) in [5.74, 6) is 0.625. The van der Waals surface area contributed by atoms with E-state index in [4.69, 9.17) is 4.74 Å². The van der Waals surface area contributed by atoms with Crippen molar-refractivity contribution in [3.63, 3.8) is 0 Å². The van der Waals surface area contributed by atoms with E-state index in [-0.39, 0.29) is 11.9 Å². The Kier molecular flexibility index (Phi) is 4.37. The quantitative estimate of drug-likeness (QED) is 0.574. The smallest absolute Gasteiger partial charge is 0.258 e. The van der Waals surface area contributed by atoms with Gasteiger partial charge in [-0.1, -0.05) is 29.8 Å². The average Bonchev–Trinajstić information content (AvgIpc) is 3.22. The number of anilines is 1. The van der Waals surface area contributed by atoms with Gasteiger partial charge in [-0.05, 0) is 37.6 Å². The predicted molar refractivity (Wildman–Crippen MR) is 107 cm³/mol. The molecule has 1 amide bonds. The van der Waals surface area contributed by atoms with Crippen molar-refractivity contribution in [3.8, 4) is 17.0 Å². The molecular weight excluding hydrogens is 360 g/mol. The third-order valence-electron chi connectivity index (χ3n) is 4.30. The molecule has 0 unspecified atom stereocenters. The number of ether oxygens (including phenoxy) is 1. The number of nitrogens with zero attached hydrogens (tertiary/aromatic N) is 3. The molecule has 136 valence electrons. The van der Waals surface area contributed by atoms with E-state index in [9.17, 15) is 4.79 Å². The minimum atomic E-state index is -0.278. The van der Waals surface area contributed by atoms with Gasteiger partial charge in [-0.3, -0.25) is 10.1 Å². The number of nitrogens with one attached hydrogen (secondary N) is 1. The molecule has 0 atom stereocenters. The van der Waals surface area contributed by atoms with Gasteiger partial charge in [0.2, 0.25) is 4.96 Å². The van der Waals surface area contributed by atoms with Crippen molar-refractivity contribution in [1.29, 1.82) is 0 Å². The first kappa shape index (κ1) is 17.2. The molecule has 4 aromatic rings. The first-order valence-corrected chi connectivity index (χ1v) is 9.30. The van der Waals surface area contributed by atoms with Gasteiger partial charge >= 0.3 is 0 Å². The number of rotatable bonds is 4. The number of benzene rings is 2. The lowest BCUT2D eigenvalue weighted by atomic mass is 10.0. The zero-order valence-corrected chi connectivity index (χ0v) is 16.0. The number of aryl methyl sites for hydroxylation is 2. The fourth-order valence-corrected chi connectivity index (χ4v) is 3.78. The van der Waals surface area contributed by atoms with Crippen molar-refractivity contribution < 1.29 is 9.53 Å². The minimum Gasteiger partial charge on any atom is -0.497 e. The second-order valence-electron chi connectivity index (χ2n) is 6.26. The second-order valence-corrected chi connectivity index (χ2v) is 7.09. The minimum absolute atomic E-state index is 0.278.